The van der Waals surface area contributed by atoms with Gasteiger partial charge in [-0.25, -0.2) is 0 Å². The summed E-state index contributed by atoms with van der Waals surface area (Å²) in [7, 11) is 0. The van der Waals surface area contributed by atoms with Gasteiger partial charge in [-0.05, 0) is 24.1 Å². The lowest BCUT2D eigenvalue weighted by Gasteiger charge is -2.04. The van der Waals surface area contributed by atoms with Crippen LogP contribution in [-0.4, -0.2) is 16.1 Å². The highest BCUT2D eigenvalue weighted by Crippen LogP contribution is 2.19. The number of carbonyl (C=O) groups is 1. The molecule has 3 aromatic rings. The SMILES string of the molecule is Cc1ccccc1C(=O)Nc1cc(-c2ccccc2)[nH]n1. The number of nitrogens with zero attached hydrogens (tertiary/aromatic N) is 1. The highest BCUT2D eigenvalue weighted by atomic mass is 16.1. The molecule has 0 spiro atoms. The molecule has 1 amide bonds. The monoisotopic (exact) mass is 277 g/mol. The van der Waals surface area contributed by atoms with Crippen molar-refractivity contribution in [3.63, 3.8) is 0 Å². The summed E-state index contributed by atoms with van der Waals surface area (Å²) in [5, 5.41) is 9.87. The Morgan fingerprint density at radius 1 is 1.05 bits per heavy atom. The van der Waals surface area contributed by atoms with Gasteiger partial charge in [-0.1, -0.05) is 48.5 Å². The summed E-state index contributed by atoms with van der Waals surface area (Å²) < 4.78 is 0. The molecule has 1 aromatic heterocycles. The maximum absolute atomic E-state index is 12.2. The molecule has 0 radical (unpaired) electrons. The molecule has 0 saturated carbocycles. The van der Waals surface area contributed by atoms with Crippen LogP contribution in [0.25, 0.3) is 11.3 Å². The molecule has 0 bridgehead atoms. The number of hydrogen-bond acceptors (Lipinski definition) is 2. The van der Waals surface area contributed by atoms with Gasteiger partial charge in [0.2, 0.25) is 0 Å². The first-order valence-electron chi connectivity index (χ1n) is 6.72. The predicted molar refractivity (Wildman–Crippen MR) is 83.2 cm³/mol. The van der Waals surface area contributed by atoms with E-state index in [1.54, 1.807) is 6.07 Å². The molecule has 4 nitrogen and oxygen atoms in total. The van der Waals surface area contributed by atoms with E-state index in [4.69, 9.17) is 0 Å². The lowest BCUT2D eigenvalue weighted by molar-refractivity contribution is 0.102. The summed E-state index contributed by atoms with van der Waals surface area (Å²) in [6.45, 7) is 1.91. The summed E-state index contributed by atoms with van der Waals surface area (Å²) >= 11 is 0. The summed E-state index contributed by atoms with van der Waals surface area (Å²) in [6.07, 6.45) is 0. The number of aryl methyl sites for hydroxylation is 1. The van der Waals surface area contributed by atoms with Crippen LogP contribution in [0.3, 0.4) is 0 Å². The van der Waals surface area contributed by atoms with Gasteiger partial charge in [-0.2, -0.15) is 5.10 Å². The third-order valence-corrected chi connectivity index (χ3v) is 3.29. The van der Waals surface area contributed by atoms with Gasteiger partial charge in [0.15, 0.2) is 5.82 Å². The fourth-order valence-electron chi connectivity index (χ4n) is 2.16. The Labute approximate surface area is 122 Å². The molecule has 0 fully saturated rings. The van der Waals surface area contributed by atoms with Gasteiger partial charge in [0, 0.05) is 11.6 Å². The Bertz CT molecular complexity index is 762. The molecule has 0 unspecified atom stereocenters. The Morgan fingerprint density at radius 3 is 2.52 bits per heavy atom. The van der Waals surface area contributed by atoms with Crippen molar-refractivity contribution in [3.05, 3.63) is 71.8 Å². The summed E-state index contributed by atoms with van der Waals surface area (Å²) in [5.41, 5.74) is 3.49. The highest BCUT2D eigenvalue weighted by Gasteiger charge is 2.10. The van der Waals surface area contributed by atoms with Crippen LogP contribution in [-0.2, 0) is 0 Å². The second kappa shape index (κ2) is 5.63. The van der Waals surface area contributed by atoms with Crippen LogP contribution in [0.4, 0.5) is 5.82 Å². The zero-order valence-corrected chi connectivity index (χ0v) is 11.6. The first-order valence-corrected chi connectivity index (χ1v) is 6.72. The van der Waals surface area contributed by atoms with Crippen molar-refractivity contribution in [2.24, 2.45) is 0 Å². The topological polar surface area (TPSA) is 57.8 Å². The molecule has 0 saturated heterocycles. The minimum atomic E-state index is -0.154. The van der Waals surface area contributed by atoms with E-state index >= 15 is 0 Å². The maximum atomic E-state index is 12.2. The second-order valence-corrected chi connectivity index (χ2v) is 4.80. The number of aromatic nitrogens is 2. The van der Waals surface area contributed by atoms with E-state index in [0.717, 1.165) is 16.8 Å². The third kappa shape index (κ3) is 2.84. The van der Waals surface area contributed by atoms with Crippen LogP contribution >= 0.6 is 0 Å². The number of amides is 1. The van der Waals surface area contributed by atoms with E-state index in [1.807, 2.05) is 61.5 Å². The van der Waals surface area contributed by atoms with Crippen molar-refractivity contribution < 1.29 is 4.79 Å². The second-order valence-electron chi connectivity index (χ2n) is 4.80. The first-order chi connectivity index (χ1) is 10.2. The van der Waals surface area contributed by atoms with E-state index in [2.05, 4.69) is 15.5 Å². The van der Waals surface area contributed by atoms with Gasteiger partial charge >= 0.3 is 0 Å². The smallest absolute Gasteiger partial charge is 0.257 e. The van der Waals surface area contributed by atoms with Crippen LogP contribution in [0.2, 0.25) is 0 Å². The summed E-state index contributed by atoms with van der Waals surface area (Å²) in [4.78, 5) is 12.2. The fourth-order valence-corrected chi connectivity index (χ4v) is 2.16. The summed E-state index contributed by atoms with van der Waals surface area (Å²) in [5.74, 6) is 0.362. The Balaban J connectivity index is 1.79. The number of rotatable bonds is 3. The van der Waals surface area contributed by atoms with Crippen molar-refractivity contribution in [2.45, 2.75) is 6.92 Å². The quantitative estimate of drug-likeness (QED) is 0.768. The Kier molecular flexibility index (Phi) is 3.51. The van der Waals surface area contributed by atoms with E-state index in [1.165, 1.54) is 0 Å². The number of hydrogen-bond donors (Lipinski definition) is 2. The molecule has 104 valence electrons. The van der Waals surface area contributed by atoms with Gasteiger partial charge in [0.1, 0.15) is 0 Å². The molecule has 0 aliphatic heterocycles. The molecule has 0 atom stereocenters. The molecule has 4 heteroatoms. The van der Waals surface area contributed by atoms with Gasteiger partial charge < -0.3 is 5.32 Å². The van der Waals surface area contributed by atoms with Crippen LogP contribution in [0, 0.1) is 6.92 Å². The zero-order chi connectivity index (χ0) is 14.7. The molecule has 2 aromatic carbocycles. The normalized spacial score (nSPS) is 10.3. The van der Waals surface area contributed by atoms with Crippen LogP contribution in [0.5, 0.6) is 0 Å². The van der Waals surface area contributed by atoms with Crippen molar-refractivity contribution in [2.75, 3.05) is 5.32 Å². The Morgan fingerprint density at radius 2 is 1.76 bits per heavy atom. The third-order valence-electron chi connectivity index (χ3n) is 3.29. The first kappa shape index (κ1) is 13.1. The van der Waals surface area contributed by atoms with E-state index in [9.17, 15) is 4.79 Å². The number of nitrogens with one attached hydrogen (secondary N) is 2. The van der Waals surface area contributed by atoms with Crippen LogP contribution in [0.1, 0.15) is 15.9 Å². The van der Waals surface area contributed by atoms with Gasteiger partial charge in [-0.3, -0.25) is 9.89 Å². The van der Waals surface area contributed by atoms with Gasteiger partial charge in [0.25, 0.3) is 5.91 Å². The molecule has 1 heterocycles. The van der Waals surface area contributed by atoms with Crippen molar-refractivity contribution in [1.29, 1.82) is 0 Å². The summed E-state index contributed by atoms with van der Waals surface area (Å²) in [6, 6.07) is 19.1. The molecular weight excluding hydrogens is 262 g/mol. The number of carbonyl (C=O) groups excluding carboxylic acids is 1. The molecule has 2 N–H and O–H groups in total. The van der Waals surface area contributed by atoms with Crippen molar-refractivity contribution in [1.82, 2.24) is 10.2 Å². The average Bonchev–Trinajstić information content (AvgIpc) is 2.97. The average molecular weight is 277 g/mol. The minimum absolute atomic E-state index is 0.154. The lowest BCUT2D eigenvalue weighted by atomic mass is 10.1. The predicted octanol–water partition coefficient (Wildman–Crippen LogP) is 3.64. The van der Waals surface area contributed by atoms with Crippen LogP contribution in [0.15, 0.2) is 60.7 Å². The number of anilines is 1. The molecule has 21 heavy (non-hydrogen) atoms. The van der Waals surface area contributed by atoms with Crippen molar-refractivity contribution in [3.8, 4) is 11.3 Å². The van der Waals surface area contributed by atoms with E-state index in [-0.39, 0.29) is 5.91 Å². The number of H-pyrrole nitrogens is 1. The van der Waals surface area contributed by atoms with Gasteiger partial charge in [-0.15, -0.1) is 0 Å². The van der Waals surface area contributed by atoms with Crippen LogP contribution < -0.4 is 5.32 Å². The maximum Gasteiger partial charge on any atom is 0.257 e. The minimum Gasteiger partial charge on any atom is -0.305 e. The van der Waals surface area contributed by atoms with E-state index < -0.39 is 0 Å². The van der Waals surface area contributed by atoms with E-state index in [0.29, 0.717) is 11.4 Å². The zero-order valence-electron chi connectivity index (χ0n) is 11.6. The number of aromatic amines is 1. The lowest BCUT2D eigenvalue weighted by Crippen LogP contribution is -2.13. The highest BCUT2D eigenvalue weighted by molar-refractivity contribution is 6.04. The molecule has 3 rings (SSSR count). The standard InChI is InChI=1S/C17H15N3O/c1-12-7-5-6-10-14(12)17(21)18-16-11-15(19-20-16)13-8-3-2-4-9-13/h2-11H,1H3,(H2,18,19,20,21). The van der Waals surface area contributed by atoms with Gasteiger partial charge in [0.05, 0.1) is 5.69 Å². The molecule has 0 aliphatic carbocycles. The molecule has 0 aliphatic rings. The largest absolute Gasteiger partial charge is 0.305 e. The Hall–Kier alpha value is -2.88. The number of benzene rings is 2. The van der Waals surface area contributed by atoms with Crippen molar-refractivity contribution >= 4 is 11.7 Å². The fraction of sp³-hybridized carbons (Fsp3) is 0.0588. The molecular formula is C17H15N3O.